The number of rotatable bonds is 3. The van der Waals surface area contributed by atoms with Crippen LogP contribution in [0.3, 0.4) is 0 Å². The number of ether oxygens (including phenoxy) is 1. The molecule has 1 aliphatic rings. The van der Waals surface area contributed by atoms with Gasteiger partial charge in [0.1, 0.15) is 0 Å². The van der Waals surface area contributed by atoms with Crippen molar-refractivity contribution in [2.24, 2.45) is 5.92 Å². The standard InChI is InChI=1S/C9H16O3.K/c1-12-8-4-2-7(3-5-8)6-9(10)11;/h7-8H,2-6H2,1H3,(H,10,11);/q;+1/p-1/t7-,8-;. The van der Waals surface area contributed by atoms with Gasteiger partial charge in [-0.05, 0) is 38.0 Å². The molecule has 13 heavy (non-hydrogen) atoms. The summed E-state index contributed by atoms with van der Waals surface area (Å²) in [6, 6.07) is 0. The Morgan fingerprint density at radius 2 is 1.92 bits per heavy atom. The molecule has 0 saturated heterocycles. The first-order valence-electron chi connectivity index (χ1n) is 4.45. The second-order valence-electron chi connectivity index (χ2n) is 3.45. The normalized spacial score (nSPS) is 27.8. The zero-order chi connectivity index (χ0) is 8.97. The molecule has 0 atom stereocenters. The van der Waals surface area contributed by atoms with Crippen LogP contribution in [0.2, 0.25) is 0 Å². The zero-order valence-corrected chi connectivity index (χ0v) is 11.5. The zero-order valence-electron chi connectivity index (χ0n) is 8.41. The van der Waals surface area contributed by atoms with Gasteiger partial charge in [0.2, 0.25) is 0 Å². The Balaban J connectivity index is 0.00000144. The second-order valence-corrected chi connectivity index (χ2v) is 3.45. The van der Waals surface area contributed by atoms with Gasteiger partial charge in [-0.15, -0.1) is 0 Å². The van der Waals surface area contributed by atoms with E-state index >= 15 is 0 Å². The second kappa shape index (κ2) is 7.37. The molecule has 1 rings (SSSR count). The van der Waals surface area contributed by atoms with Crippen LogP contribution in [0, 0.1) is 5.92 Å². The van der Waals surface area contributed by atoms with Crippen LogP contribution in [0.5, 0.6) is 0 Å². The minimum atomic E-state index is -0.920. The number of carboxylic acids is 1. The van der Waals surface area contributed by atoms with E-state index < -0.39 is 5.97 Å². The molecular weight excluding hydrogens is 195 g/mol. The molecule has 0 unspecified atom stereocenters. The summed E-state index contributed by atoms with van der Waals surface area (Å²) in [4.78, 5) is 10.3. The Kier molecular flexibility index (Phi) is 7.97. The summed E-state index contributed by atoms with van der Waals surface area (Å²) in [6.45, 7) is 0. The van der Waals surface area contributed by atoms with E-state index in [4.69, 9.17) is 4.74 Å². The van der Waals surface area contributed by atoms with Crippen molar-refractivity contribution in [2.45, 2.75) is 38.2 Å². The number of aliphatic carboxylic acids is 1. The molecule has 4 heteroatoms. The maximum Gasteiger partial charge on any atom is 1.00 e. The van der Waals surface area contributed by atoms with Gasteiger partial charge in [0.05, 0.1) is 6.10 Å². The van der Waals surface area contributed by atoms with Crippen molar-refractivity contribution in [2.75, 3.05) is 7.11 Å². The van der Waals surface area contributed by atoms with Gasteiger partial charge in [0.15, 0.2) is 0 Å². The molecule has 3 nitrogen and oxygen atoms in total. The number of hydrogen-bond donors (Lipinski definition) is 0. The van der Waals surface area contributed by atoms with Crippen molar-refractivity contribution in [3.63, 3.8) is 0 Å². The summed E-state index contributed by atoms with van der Waals surface area (Å²) in [5, 5.41) is 10.3. The molecule has 0 aromatic heterocycles. The van der Waals surface area contributed by atoms with E-state index in [1.165, 1.54) is 0 Å². The molecule has 0 heterocycles. The number of carboxylic acid groups (broad SMARTS) is 1. The number of hydrogen-bond acceptors (Lipinski definition) is 3. The van der Waals surface area contributed by atoms with E-state index in [1.807, 2.05) is 0 Å². The molecule has 1 aliphatic carbocycles. The van der Waals surface area contributed by atoms with Crippen LogP contribution in [-0.4, -0.2) is 19.2 Å². The Morgan fingerprint density at radius 3 is 2.31 bits per heavy atom. The predicted octanol–water partition coefficient (Wildman–Crippen LogP) is -2.66. The molecule has 0 aromatic carbocycles. The first-order valence-corrected chi connectivity index (χ1v) is 4.45. The van der Waals surface area contributed by atoms with Gasteiger partial charge in [-0.25, -0.2) is 0 Å². The maximum absolute atomic E-state index is 10.3. The van der Waals surface area contributed by atoms with Gasteiger partial charge < -0.3 is 14.6 Å². The van der Waals surface area contributed by atoms with Gasteiger partial charge in [0.25, 0.3) is 0 Å². The van der Waals surface area contributed by atoms with Crippen molar-refractivity contribution in [1.82, 2.24) is 0 Å². The topological polar surface area (TPSA) is 49.4 Å². The van der Waals surface area contributed by atoms with Crippen molar-refractivity contribution in [1.29, 1.82) is 0 Å². The monoisotopic (exact) mass is 210 g/mol. The van der Waals surface area contributed by atoms with Crippen LogP contribution in [0.4, 0.5) is 0 Å². The van der Waals surface area contributed by atoms with Crippen molar-refractivity contribution < 1.29 is 66.0 Å². The minimum Gasteiger partial charge on any atom is -0.550 e. The molecule has 0 bridgehead atoms. The van der Waals surface area contributed by atoms with Gasteiger partial charge in [0, 0.05) is 13.1 Å². The summed E-state index contributed by atoms with van der Waals surface area (Å²) in [7, 11) is 1.71. The fourth-order valence-corrected chi connectivity index (χ4v) is 1.81. The van der Waals surface area contributed by atoms with E-state index in [2.05, 4.69) is 0 Å². The fraction of sp³-hybridized carbons (Fsp3) is 0.889. The first-order chi connectivity index (χ1) is 5.72. The van der Waals surface area contributed by atoms with Crippen molar-refractivity contribution in [3.8, 4) is 0 Å². The molecular formula is C9H15KO3. The third-order valence-corrected chi connectivity index (χ3v) is 2.58. The average Bonchev–Trinajstić information content (AvgIpc) is 2.05. The van der Waals surface area contributed by atoms with Crippen molar-refractivity contribution >= 4 is 5.97 Å². The summed E-state index contributed by atoms with van der Waals surface area (Å²) in [5.41, 5.74) is 0. The number of methoxy groups -OCH3 is 1. The maximum atomic E-state index is 10.3. The van der Waals surface area contributed by atoms with Crippen LogP contribution < -0.4 is 56.5 Å². The van der Waals surface area contributed by atoms with Crippen LogP contribution in [-0.2, 0) is 9.53 Å². The Bertz CT molecular complexity index is 153. The number of carbonyl (C=O) groups excluding carboxylic acids is 1. The smallest absolute Gasteiger partial charge is 0.550 e. The molecule has 0 spiro atoms. The molecule has 1 fully saturated rings. The van der Waals surface area contributed by atoms with Gasteiger partial charge in [-0.2, -0.15) is 0 Å². The number of carbonyl (C=O) groups is 1. The average molecular weight is 210 g/mol. The van der Waals surface area contributed by atoms with E-state index in [-0.39, 0.29) is 57.8 Å². The summed E-state index contributed by atoms with van der Waals surface area (Å²) < 4.78 is 5.18. The molecule has 0 amide bonds. The fourth-order valence-electron chi connectivity index (χ4n) is 1.81. The van der Waals surface area contributed by atoms with E-state index in [9.17, 15) is 9.90 Å². The summed E-state index contributed by atoms with van der Waals surface area (Å²) in [6.07, 6.45) is 4.49. The molecule has 70 valence electrons. The molecule has 0 aromatic rings. The minimum absolute atomic E-state index is 0. The van der Waals surface area contributed by atoms with E-state index in [1.54, 1.807) is 7.11 Å². The quantitative estimate of drug-likeness (QED) is 0.478. The van der Waals surface area contributed by atoms with Gasteiger partial charge in [-0.1, -0.05) is 0 Å². The van der Waals surface area contributed by atoms with Crippen LogP contribution in [0.1, 0.15) is 32.1 Å². The molecule has 0 radical (unpaired) electrons. The summed E-state index contributed by atoms with van der Waals surface area (Å²) in [5.74, 6) is -0.600. The van der Waals surface area contributed by atoms with Crippen LogP contribution >= 0.6 is 0 Å². The SMILES string of the molecule is CO[C@H]1CC[C@H](CC(=O)[O-])CC1.[K+]. The van der Waals surface area contributed by atoms with Crippen LogP contribution in [0.25, 0.3) is 0 Å². The van der Waals surface area contributed by atoms with Crippen LogP contribution in [0.15, 0.2) is 0 Å². The van der Waals surface area contributed by atoms with E-state index in [0.29, 0.717) is 12.0 Å². The molecule has 0 aliphatic heterocycles. The first kappa shape index (κ1) is 14.1. The third kappa shape index (κ3) is 5.49. The molecule has 1 saturated carbocycles. The van der Waals surface area contributed by atoms with Gasteiger partial charge >= 0.3 is 51.4 Å². The van der Waals surface area contributed by atoms with E-state index in [0.717, 1.165) is 25.7 Å². The van der Waals surface area contributed by atoms with Crippen molar-refractivity contribution in [3.05, 3.63) is 0 Å². The predicted molar refractivity (Wildman–Crippen MR) is 42.4 cm³/mol. The molecule has 0 N–H and O–H groups in total. The summed E-state index contributed by atoms with van der Waals surface area (Å²) >= 11 is 0. The largest absolute Gasteiger partial charge is 1.00 e. The third-order valence-electron chi connectivity index (χ3n) is 2.58. The Morgan fingerprint density at radius 1 is 1.38 bits per heavy atom. The Hall–Kier alpha value is 1.07. The van der Waals surface area contributed by atoms with Gasteiger partial charge in [-0.3, -0.25) is 0 Å². The Labute approximate surface area is 122 Å².